The Kier molecular flexibility index (Phi) is 6.49. The number of aromatic nitrogens is 1. The molecule has 24 heavy (non-hydrogen) atoms. The third kappa shape index (κ3) is 4.89. The Morgan fingerprint density at radius 1 is 1.12 bits per heavy atom. The maximum atomic E-state index is 12.4. The van der Waals surface area contributed by atoms with Crippen LogP contribution in [0, 0.1) is 6.92 Å². The van der Waals surface area contributed by atoms with Gasteiger partial charge in [0, 0.05) is 29.1 Å². The van der Waals surface area contributed by atoms with E-state index in [1.165, 1.54) is 12.4 Å². The first kappa shape index (κ1) is 18.1. The number of anilines is 1. The number of nitrogens with zero attached hydrogens (tertiary/aromatic N) is 1. The van der Waals surface area contributed by atoms with Gasteiger partial charge in [0.25, 0.3) is 11.8 Å². The van der Waals surface area contributed by atoms with Crippen LogP contribution in [0.2, 0.25) is 0 Å². The summed E-state index contributed by atoms with van der Waals surface area (Å²) in [5, 5.41) is 5.66. The van der Waals surface area contributed by atoms with Crippen molar-refractivity contribution in [3.8, 4) is 0 Å². The Hall–Kier alpha value is -2.21. The van der Waals surface area contributed by atoms with E-state index < -0.39 is 0 Å². The van der Waals surface area contributed by atoms with Crippen LogP contribution in [0.1, 0.15) is 46.0 Å². The highest BCUT2D eigenvalue weighted by Gasteiger charge is 2.12. The summed E-state index contributed by atoms with van der Waals surface area (Å²) < 4.78 is 0.949. The minimum Gasteiger partial charge on any atom is -0.352 e. The molecule has 1 heterocycles. The van der Waals surface area contributed by atoms with E-state index in [-0.39, 0.29) is 11.8 Å². The topological polar surface area (TPSA) is 71.1 Å². The molecule has 2 amide bonds. The van der Waals surface area contributed by atoms with Gasteiger partial charge >= 0.3 is 0 Å². The van der Waals surface area contributed by atoms with Crippen molar-refractivity contribution in [2.24, 2.45) is 0 Å². The van der Waals surface area contributed by atoms with Gasteiger partial charge in [0.05, 0.1) is 11.1 Å². The molecular formula is C18H20BrN3O2. The normalized spacial score (nSPS) is 10.3. The molecule has 0 radical (unpaired) electrons. The average molecular weight is 390 g/mol. The third-order valence-corrected chi connectivity index (χ3v) is 4.01. The summed E-state index contributed by atoms with van der Waals surface area (Å²) in [4.78, 5) is 28.5. The summed E-state index contributed by atoms with van der Waals surface area (Å²) in [6.07, 6.45) is 4.84. The number of hydrogen-bond acceptors (Lipinski definition) is 3. The Labute approximate surface area is 150 Å². The summed E-state index contributed by atoms with van der Waals surface area (Å²) >= 11 is 3.39. The third-order valence-electron chi connectivity index (χ3n) is 3.52. The van der Waals surface area contributed by atoms with E-state index in [1.54, 1.807) is 6.07 Å². The number of hydrogen-bond donors (Lipinski definition) is 2. The van der Waals surface area contributed by atoms with E-state index in [4.69, 9.17) is 0 Å². The van der Waals surface area contributed by atoms with Gasteiger partial charge in [-0.2, -0.15) is 0 Å². The van der Waals surface area contributed by atoms with Crippen molar-refractivity contribution in [1.29, 1.82) is 0 Å². The Bertz CT molecular complexity index is 747. The lowest BCUT2D eigenvalue weighted by Gasteiger charge is -2.09. The van der Waals surface area contributed by atoms with Crippen LogP contribution in [0.5, 0.6) is 0 Å². The average Bonchev–Trinajstić information content (AvgIpc) is 2.57. The Morgan fingerprint density at radius 3 is 2.50 bits per heavy atom. The summed E-state index contributed by atoms with van der Waals surface area (Å²) in [7, 11) is 0. The molecule has 0 spiro atoms. The second kappa shape index (κ2) is 8.59. The lowest BCUT2D eigenvalue weighted by molar-refractivity contribution is 0.0953. The van der Waals surface area contributed by atoms with Crippen LogP contribution >= 0.6 is 15.9 Å². The summed E-state index contributed by atoms with van der Waals surface area (Å²) in [5.41, 5.74) is 2.40. The molecule has 0 atom stereocenters. The number of halogens is 1. The number of aryl methyl sites for hydroxylation is 1. The van der Waals surface area contributed by atoms with Gasteiger partial charge in [0.15, 0.2) is 0 Å². The fraction of sp³-hybridized carbons (Fsp3) is 0.278. The zero-order chi connectivity index (χ0) is 17.5. The highest BCUT2D eigenvalue weighted by Crippen LogP contribution is 2.20. The van der Waals surface area contributed by atoms with Crippen LogP contribution in [-0.2, 0) is 0 Å². The predicted octanol–water partition coefficient (Wildman–Crippen LogP) is 3.93. The van der Waals surface area contributed by atoms with Crippen molar-refractivity contribution in [2.45, 2.75) is 26.7 Å². The number of nitrogens with one attached hydrogen (secondary N) is 2. The monoisotopic (exact) mass is 389 g/mol. The summed E-state index contributed by atoms with van der Waals surface area (Å²) in [5.74, 6) is -0.512. The number of carbonyl (C=O) groups is 2. The van der Waals surface area contributed by atoms with E-state index >= 15 is 0 Å². The molecule has 2 N–H and O–H groups in total. The van der Waals surface area contributed by atoms with Gasteiger partial charge < -0.3 is 10.6 Å². The van der Waals surface area contributed by atoms with Crippen molar-refractivity contribution in [2.75, 3.05) is 11.9 Å². The lowest BCUT2D eigenvalue weighted by Crippen LogP contribution is -2.25. The van der Waals surface area contributed by atoms with Crippen LogP contribution < -0.4 is 10.6 Å². The van der Waals surface area contributed by atoms with Crippen LogP contribution in [0.25, 0.3) is 0 Å². The molecule has 6 heteroatoms. The molecule has 1 aromatic carbocycles. The van der Waals surface area contributed by atoms with Crippen molar-refractivity contribution in [3.63, 3.8) is 0 Å². The second-order valence-corrected chi connectivity index (χ2v) is 6.40. The molecule has 0 saturated carbocycles. The molecule has 2 rings (SSSR count). The molecule has 2 aromatic rings. The van der Waals surface area contributed by atoms with Crippen LogP contribution in [0.4, 0.5) is 5.69 Å². The maximum absolute atomic E-state index is 12.4. The van der Waals surface area contributed by atoms with Crippen molar-refractivity contribution in [1.82, 2.24) is 10.3 Å². The minimum atomic E-state index is -0.295. The number of benzene rings is 1. The molecule has 126 valence electrons. The smallest absolute Gasteiger partial charge is 0.257 e. The predicted molar refractivity (Wildman–Crippen MR) is 98.3 cm³/mol. The number of rotatable bonds is 6. The van der Waals surface area contributed by atoms with Gasteiger partial charge in [-0.05, 0) is 43.2 Å². The van der Waals surface area contributed by atoms with E-state index in [0.29, 0.717) is 17.7 Å². The maximum Gasteiger partial charge on any atom is 0.257 e. The summed E-state index contributed by atoms with van der Waals surface area (Å²) in [6.45, 7) is 4.59. The first-order valence-corrected chi connectivity index (χ1v) is 8.61. The molecule has 0 aliphatic heterocycles. The quantitative estimate of drug-likeness (QED) is 0.735. The van der Waals surface area contributed by atoms with Gasteiger partial charge in [-0.1, -0.05) is 29.3 Å². The van der Waals surface area contributed by atoms with Gasteiger partial charge in [0.1, 0.15) is 0 Å². The van der Waals surface area contributed by atoms with Gasteiger partial charge in [-0.15, -0.1) is 0 Å². The standard InChI is InChI=1S/C18H20BrN3O2/c1-3-4-7-21-17(23)13-9-14(11-20-10-13)18(24)22-16-6-5-15(19)8-12(16)2/h5-6,8-11H,3-4,7H2,1-2H3,(H,21,23)(H,22,24). The van der Waals surface area contributed by atoms with Gasteiger partial charge in [-0.3, -0.25) is 14.6 Å². The first-order valence-electron chi connectivity index (χ1n) is 7.82. The summed E-state index contributed by atoms with van der Waals surface area (Å²) in [6, 6.07) is 7.16. The van der Waals surface area contributed by atoms with Gasteiger partial charge in [0.2, 0.25) is 0 Å². The molecule has 0 bridgehead atoms. The van der Waals surface area contributed by atoms with Crippen molar-refractivity contribution < 1.29 is 9.59 Å². The minimum absolute atomic E-state index is 0.217. The molecule has 0 unspecified atom stereocenters. The molecule has 0 fully saturated rings. The fourth-order valence-electron chi connectivity index (χ4n) is 2.13. The number of unbranched alkanes of at least 4 members (excludes halogenated alkanes) is 1. The van der Waals surface area contributed by atoms with E-state index in [1.807, 2.05) is 25.1 Å². The van der Waals surface area contributed by atoms with E-state index in [2.05, 4.69) is 38.5 Å². The number of amides is 2. The van der Waals surface area contributed by atoms with E-state index in [0.717, 1.165) is 28.6 Å². The largest absolute Gasteiger partial charge is 0.352 e. The van der Waals surface area contributed by atoms with Crippen molar-refractivity contribution >= 4 is 33.4 Å². The highest BCUT2D eigenvalue weighted by molar-refractivity contribution is 9.10. The molecule has 0 aliphatic rings. The molecule has 5 nitrogen and oxygen atoms in total. The molecular weight excluding hydrogens is 370 g/mol. The van der Waals surface area contributed by atoms with Crippen LogP contribution in [-0.4, -0.2) is 23.3 Å². The number of carbonyl (C=O) groups excluding carboxylic acids is 2. The molecule has 1 aromatic heterocycles. The SMILES string of the molecule is CCCCNC(=O)c1cncc(C(=O)Nc2ccc(Br)cc2C)c1. The lowest BCUT2D eigenvalue weighted by atomic mass is 10.1. The second-order valence-electron chi connectivity index (χ2n) is 5.49. The molecule has 0 aliphatic carbocycles. The number of pyridine rings is 1. The van der Waals surface area contributed by atoms with E-state index in [9.17, 15) is 9.59 Å². The fourth-order valence-corrected chi connectivity index (χ4v) is 2.61. The van der Waals surface area contributed by atoms with Crippen LogP contribution in [0.3, 0.4) is 0 Å². The highest BCUT2D eigenvalue weighted by atomic mass is 79.9. The Morgan fingerprint density at radius 2 is 1.83 bits per heavy atom. The zero-order valence-corrected chi connectivity index (χ0v) is 15.3. The van der Waals surface area contributed by atoms with Gasteiger partial charge in [-0.25, -0.2) is 0 Å². The Balaban J connectivity index is 2.09. The van der Waals surface area contributed by atoms with Crippen molar-refractivity contribution in [3.05, 3.63) is 57.8 Å². The molecule has 0 saturated heterocycles. The van der Waals surface area contributed by atoms with Crippen LogP contribution in [0.15, 0.2) is 41.1 Å². The zero-order valence-electron chi connectivity index (χ0n) is 13.7. The first-order chi connectivity index (χ1) is 11.5.